The summed E-state index contributed by atoms with van der Waals surface area (Å²) in [4.78, 5) is 26.5. The van der Waals surface area contributed by atoms with Crippen molar-refractivity contribution >= 4 is 12.2 Å². The van der Waals surface area contributed by atoms with Crippen LogP contribution >= 0.6 is 0 Å². The van der Waals surface area contributed by atoms with Crippen molar-refractivity contribution in [2.75, 3.05) is 26.7 Å². The van der Waals surface area contributed by atoms with Crippen molar-refractivity contribution in [2.24, 2.45) is 4.99 Å². The number of aliphatic imine (C=N–C) groups is 1. The van der Waals surface area contributed by atoms with Crippen LogP contribution in [0, 0.1) is 11.6 Å². The molecule has 2 N–H and O–H groups in total. The van der Waals surface area contributed by atoms with E-state index in [2.05, 4.69) is 25.5 Å². The van der Waals surface area contributed by atoms with Crippen LogP contribution in [0.15, 0.2) is 89.7 Å². The Morgan fingerprint density at radius 2 is 1.71 bits per heavy atom. The number of pyridine rings is 1. The third-order valence-corrected chi connectivity index (χ3v) is 6.46. The molecular formula is C31H34F2N8O. The van der Waals surface area contributed by atoms with Crippen LogP contribution < -0.4 is 10.6 Å². The Kier molecular flexibility index (Phi) is 10.9. The van der Waals surface area contributed by atoms with Gasteiger partial charge in [-0.1, -0.05) is 6.07 Å². The standard InChI is InChI=1S/C31H34F2N8O/c1-23(37-21-28-6-3-4-15-36-28)20-29(34-2)40(19-16-35-22-42)17-5-18-41-31(25-9-13-27(33)14-10-25)38-30(39-41)24-7-11-26(32)12-8-24/h3-4,6-15,20,22,37H,5,16-19,21H2,1-2H3,(H,35,42)/b23-20+,34-29?. The number of amides is 1. The zero-order valence-corrected chi connectivity index (χ0v) is 23.7. The van der Waals surface area contributed by atoms with E-state index in [1.54, 1.807) is 42.2 Å². The number of halogens is 2. The fourth-order valence-electron chi connectivity index (χ4n) is 4.32. The molecule has 0 aliphatic heterocycles. The van der Waals surface area contributed by atoms with Crippen LogP contribution in [0.4, 0.5) is 8.78 Å². The molecule has 0 radical (unpaired) electrons. The summed E-state index contributed by atoms with van der Waals surface area (Å²) in [6.07, 6.45) is 5.08. The maximum absolute atomic E-state index is 13.6. The van der Waals surface area contributed by atoms with E-state index >= 15 is 0 Å². The van der Waals surface area contributed by atoms with Crippen molar-refractivity contribution in [2.45, 2.75) is 26.4 Å². The lowest BCUT2D eigenvalue weighted by atomic mass is 10.2. The molecule has 4 aromatic rings. The Labute approximate surface area is 244 Å². The van der Waals surface area contributed by atoms with Crippen molar-refractivity contribution < 1.29 is 13.6 Å². The molecule has 0 spiro atoms. The van der Waals surface area contributed by atoms with Gasteiger partial charge in [0.15, 0.2) is 11.6 Å². The number of hydrogen-bond donors (Lipinski definition) is 2. The lowest BCUT2D eigenvalue weighted by Gasteiger charge is -2.25. The zero-order valence-electron chi connectivity index (χ0n) is 23.7. The minimum Gasteiger partial charge on any atom is -0.383 e. The van der Waals surface area contributed by atoms with E-state index in [1.165, 1.54) is 24.3 Å². The van der Waals surface area contributed by atoms with Gasteiger partial charge in [-0.25, -0.2) is 18.4 Å². The second-order valence-corrected chi connectivity index (χ2v) is 9.49. The van der Waals surface area contributed by atoms with Gasteiger partial charge in [-0.2, -0.15) is 5.10 Å². The van der Waals surface area contributed by atoms with Crippen LogP contribution in [0.1, 0.15) is 19.0 Å². The molecule has 4 rings (SSSR count). The first kappa shape index (κ1) is 30.0. The summed E-state index contributed by atoms with van der Waals surface area (Å²) >= 11 is 0. The lowest BCUT2D eigenvalue weighted by Crippen LogP contribution is -2.37. The van der Waals surface area contributed by atoms with Gasteiger partial charge in [-0.15, -0.1) is 0 Å². The van der Waals surface area contributed by atoms with Gasteiger partial charge in [-0.05, 0) is 80.1 Å². The third-order valence-electron chi connectivity index (χ3n) is 6.46. The number of nitrogens with one attached hydrogen (secondary N) is 2. The van der Waals surface area contributed by atoms with Gasteiger partial charge < -0.3 is 15.5 Å². The fourth-order valence-corrected chi connectivity index (χ4v) is 4.32. The number of hydrogen-bond acceptors (Lipinski definition) is 6. The Balaban J connectivity index is 1.50. The number of aromatic nitrogens is 4. The Morgan fingerprint density at radius 3 is 2.36 bits per heavy atom. The van der Waals surface area contributed by atoms with Crippen LogP contribution in [0.25, 0.3) is 22.8 Å². The number of allylic oxidation sites excluding steroid dienone is 1. The highest BCUT2D eigenvalue weighted by atomic mass is 19.1. The molecule has 2 aromatic carbocycles. The quantitative estimate of drug-likeness (QED) is 0.100. The molecular weight excluding hydrogens is 538 g/mol. The van der Waals surface area contributed by atoms with Crippen molar-refractivity contribution in [3.05, 3.63) is 102 Å². The van der Waals surface area contributed by atoms with E-state index in [1.807, 2.05) is 31.2 Å². The summed E-state index contributed by atoms with van der Waals surface area (Å²) in [5, 5.41) is 10.8. The Bertz CT molecular complexity index is 1490. The number of amidine groups is 1. The molecule has 218 valence electrons. The molecule has 0 bridgehead atoms. The minimum atomic E-state index is -0.342. The first-order valence-corrected chi connectivity index (χ1v) is 13.6. The largest absolute Gasteiger partial charge is 0.383 e. The second kappa shape index (κ2) is 15.2. The number of carbonyl (C=O) groups is 1. The van der Waals surface area contributed by atoms with E-state index in [0.29, 0.717) is 62.8 Å². The molecule has 42 heavy (non-hydrogen) atoms. The molecule has 0 atom stereocenters. The predicted octanol–water partition coefficient (Wildman–Crippen LogP) is 4.45. The zero-order chi connectivity index (χ0) is 29.7. The van der Waals surface area contributed by atoms with Crippen LogP contribution in [0.2, 0.25) is 0 Å². The molecule has 2 heterocycles. The molecule has 0 saturated carbocycles. The molecule has 2 aromatic heterocycles. The monoisotopic (exact) mass is 572 g/mol. The number of benzene rings is 2. The fraction of sp³-hybridized carbons (Fsp3) is 0.258. The second-order valence-electron chi connectivity index (χ2n) is 9.49. The van der Waals surface area contributed by atoms with Crippen LogP contribution in [-0.2, 0) is 17.9 Å². The number of aryl methyl sites for hydroxylation is 1. The maximum atomic E-state index is 13.6. The smallest absolute Gasteiger partial charge is 0.207 e. The van der Waals surface area contributed by atoms with Gasteiger partial charge in [0.25, 0.3) is 0 Å². The summed E-state index contributed by atoms with van der Waals surface area (Å²) in [6.45, 7) is 4.69. The van der Waals surface area contributed by atoms with E-state index < -0.39 is 0 Å². The first-order chi connectivity index (χ1) is 20.5. The topological polar surface area (TPSA) is 100 Å². The number of rotatable bonds is 14. The van der Waals surface area contributed by atoms with Crippen molar-refractivity contribution in [3.63, 3.8) is 0 Å². The molecule has 0 aliphatic carbocycles. The predicted molar refractivity (Wildman–Crippen MR) is 159 cm³/mol. The molecule has 0 fully saturated rings. The summed E-state index contributed by atoms with van der Waals surface area (Å²) in [6, 6.07) is 17.9. The van der Waals surface area contributed by atoms with Gasteiger partial charge in [-0.3, -0.25) is 14.8 Å². The van der Waals surface area contributed by atoms with E-state index in [-0.39, 0.29) is 11.6 Å². The average Bonchev–Trinajstić information content (AvgIpc) is 3.43. The lowest BCUT2D eigenvalue weighted by molar-refractivity contribution is -0.109. The first-order valence-electron chi connectivity index (χ1n) is 13.6. The van der Waals surface area contributed by atoms with Crippen molar-refractivity contribution in [3.8, 4) is 22.8 Å². The number of carbonyl (C=O) groups excluding carboxylic acids is 1. The summed E-state index contributed by atoms with van der Waals surface area (Å²) in [5.74, 6) is 1.12. The van der Waals surface area contributed by atoms with Gasteiger partial charge in [0, 0.05) is 56.2 Å². The highest BCUT2D eigenvalue weighted by Gasteiger charge is 2.15. The SMILES string of the molecule is CN=C(/C=C(\C)NCc1ccccn1)N(CCCn1nc(-c2ccc(F)cc2)nc1-c1ccc(F)cc1)CCNC=O. The van der Waals surface area contributed by atoms with E-state index in [9.17, 15) is 13.6 Å². The van der Waals surface area contributed by atoms with Crippen LogP contribution in [0.5, 0.6) is 0 Å². The molecule has 0 saturated heterocycles. The van der Waals surface area contributed by atoms with E-state index in [4.69, 9.17) is 10.1 Å². The van der Waals surface area contributed by atoms with E-state index in [0.717, 1.165) is 22.8 Å². The average molecular weight is 573 g/mol. The van der Waals surface area contributed by atoms with Gasteiger partial charge >= 0.3 is 0 Å². The molecule has 11 heteroatoms. The molecule has 0 aliphatic rings. The Hall–Kier alpha value is -4.93. The molecule has 0 unspecified atom stereocenters. The van der Waals surface area contributed by atoms with Gasteiger partial charge in [0.05, 0.1) is 12.2 Å². The highest BCUT2D eigenvalue weighted by molar-refractivity contribution is 5.93. The minimum absolute atomic E-state index is 0.340. The molecule has 9 nitrogen and oxygen atoms in total. The van der Waals surface area contributed by atoms with Crippen LogP contribution in [0.3, 0.4) is 0 Å². The van der Waals surface area contributed by atoms with Crippen molar-refractivity contribution in [1.29, 1.82) is 0 Å². The molecule has 1 amide bonds. The van der Waals surface area contributed by atoms with Crippen molar-refractivity contribution in [1.82, 2.24) is 35.3 Å². The highest BCUT2D eigenvalue weighted by Crippen LogP contribution is 2.23. The van der Waals surface area contributed by atoms with Crippen LogP contribution in [-0.4, -0.2) is 63.6 Å². The van der Waals surface area contributed by atoms with Gasteiger partial charge in [0.1, 0.15) is 17.5 Å². The van der Waals surface area contributed by atoms with Gasteiger partial charge in [0.2, 0.25) is 6.41 Å². The Morgan fingerprint density at radius 1 is 1.00 bits per heavy atom. The number of nitrogens with zero attached hydrogens (tertiary/aromatic N) is 6. The normalized spacial score (nSPS) is 11.8. The maximum Gasteiger partial charge on any atom is 0.207 e. The summed E-state index contributed by atoms with van der Waals surface area (Å²) in [5.41, 5.74) is 3.25. The summed E-state index contributed by atoms with van der Waals surface area (Å²) < 4.78 is 28.9. The summed E-state index contributed by atoms with van der Waals surface area (Å²) in [7, 11) is 1.73. The third kappa shape index (κ3) is 8.53.